The first kappa shape index (κ1) is 22.1. The summed E-state index contributed by atoms with van der Waals surface area (Å²) in [4.78, 5) is 37.5. The Morgan fingerprint density at radius 1 is 0.968 bits per heavy atom. The molecule has 0 bridgehead atoms. The van der Waals surface area contributed by atoms with Crippen LogP contribution in [0.25, 0.3) is 10.8 Å². The average molecular weight is 443 g/mol. The normalized spacial score (nSPS) is 11.3. The number of hydrogen-bond acceptors (Lipinski definition) is 6. The minimum atomic E-state index is -3.62. The van der Waals surface area contributed by atoms with Crippen LogP contribution in [0.2, 0.25) is 0 Å². The fourth-order valence-corrected chi connectivity index (χ4v) is 3.64. The van der Waals surface area contributed by atoms with E-state index < -0.39 is 21.8 Å². The third-order valence-corrected chi connectivity index (χ3v) is 5.93. The van der Waals surface area contributed by atoms with E-state index in [1.165, 1.54) is 36.0 Å². The summed E-state index contributed by atoms with van der Waals surface area (Å²) in [5, 5.41) is 4.88. The summed E-state index contributed by atoms with van der Waals surface area (Å²) in [6, 6.07) is 11.8. The monoisotopic (exact) mass is 443 g/mol. The highest BCUT2D eigenvalue weighted by Gasteiger charge is 2.18. The second-order valence-corrected chi connectivity index (χ2v) is 8.45. The van der Waals surface area contributed by atoms with Crippen LogP contribution in [0.1, 0.15) is 34.2 Å². The summed E-state index contributed by atoms with van der Waals surface area (Å²) in [6.45, 7) is 2.23. The zero-order chi connectivity index (χ0) is 22.6. The molecule has 0 saturated carbocycles. The molecular weight excluding hydrogens is 422 g/mol. The van der Waals surface area contributed by atoms with Crippen LogP contribution in [0.4, 0.5) is 0 Å². The van der Waals surface area contributed by atoms with Crippen molar-refractivity contribution in [3.63, 3.8) is 0 Å². The SMILES string of the molecule is CCCn1nc(C(=O)NNC(=O)c2ccc(S(=O)(=O)NC)cc2)c2ccccc2c1=O. The molecule has 1 aromatic heterocycles. The molecule has 10 nitrogen and oxygen atoms in total. The van der Waals surface area contributed by atoms with Gasteiger partial charge in [0.2, 0.25) is 10.0 Å². The number of sulfonamides is 1. The fraction of sp³-hybridized carbons (Fsp3) is 0.200. The number of hydrogen-bond donors (Lipinski definition) is 3. The third kappa shape index (κ3) is 4.62. The Bertz CT molecular complexity index is 1300. The van der Waals surface area contributed by atoms with Gasteiger partial charge < -0.3 is 0 Å². The molecule has 0 radical (unpaired) electrons. The summed E-state index contributed by atoms with van der Waals surface area (Å²) in [5.74, 6) is -1.34. The molecule has 2 aromatic carbocycles. The van der Waals surface area contributed by atoms with Gasteiger partial charge in [0.15, 0.2) is 5.69 Å². The number of nitrogens with one attached hydrogen (secondary N) is 3. The molecule has 31 heavy (non-hydrogen) atoms. The summed E-state index contributed by atoms with van der Waals surface area (Å²) >= 11 is 0. The van der Waals surface area contributed by atoms with Gasteiger partial charge in [-0.05, 0) is 43.8 Å². The Morgan fingerprint density at radius 3 is 2.19 bits per heavy atom. The molecule has 0 aliphatic rings. The Labute approximate surface area is 178 Å². The molecule has 0 spiro atoms. The van der Waals surface area contributed by atoms with Gasteiger partial charge in [0, 0.05) is 17.5 Å². The molecule has 0 saturated heterocycles. The average Bonchev–Trinajstić information content (AvgIpc) is 2.79. The Hall–Kier alpha value is -3.57. The molecule has 0 aliphatic carbocycles. The molecule has 2 amide bonds. The predicted octanol–water partition coefficient (Wildman–Crippen LogP) is 0.789. The summed E-state index contributed by atoms with van der Waals surface area (Å²) in [5.41, 5.74) is 4.40. The van der Waals surface area contributed by atoms with Gasteiger partial charge in [-0.2, -0.15) is 5.10 Å². The number of carbonyl (C=O) groups excluding carboxylic acids is 2. The van der Waals surface area contributed by atoms with E-state index in [9.17, 15) is 22.8 Å². The van der Waals surface area contributed by atoms with Crippen molar-refractivity contribution in [2.24, 2.45) is 0 Å². The highest BCUT2D eigenvalue weighted by molar-refractivity contribution is 7.89. The van der Waals surface area contributed by atoms with Crippen molar-refractivity contribution in [2.45, 2.75) is 24.8 Å². The van der Waals surface area contributed by atoms with Crippen LogP contribution in [-0.4, -0.2) is 37.1 Å². The molecule has 11 heteroatoms. The minimum Gasteiger partial charge on any atom is -0.267 e. The first-order valence-corrected chi connectivity index (χ1v) is 10.9. The van der Waals surface area contributed by atoms with E-state index in [1.807, 2.05) is 6.92 Å². The lowest BCUT2D eigenvalue weighted by molar-refractivity contribution is 0.0843. The maximum absolute atomic E-state index is 12.7. The first-order chi connectivity index (χ1) is 14.8. The molecule has 3 rings (SSSR count). The van der Waals surface area contributed by atoms with Crippen LogP contribution in [0.5, 0.6) is 0 Å². The lowest BCUT2D eigenvalue weighted by Gasteiger charge is -2.11. The van der Waals surface area contributed by atoms with Crippen molar-refractivity contribution in [1.82, 2.24) is 25.4 Å². The zero-order valence-corrected chi connectivity index (χ0v) is 17.7. The van der Waals surface area contributed by atoms with Crippen LogP contribution in [-0.2, 0) is 16.6 Å². The van der Waals surface area contributed by atoms with E-state index in [2.05, 4.69) is 20.7 Å². The van der Waals surface area contributed by atoms with Gasteiger partial charge in [0.25, 0.3) is 17.4 Å². The molecule has 0 atom stereocenters. The molecule has 3 N–H and O–H groups in total. The highest BCUT2D eigenvalue weighted by Crippen LogP contribution is 2.13. The Balaban J connectivity index is 1.81. The summed E-state index contributed by atoms with van der Waals surface area (Å²) in [6.07, 6.45) is 0.655. The molecule has 0 aliphatic heterocycles. The van der Waals surface area contributed by atoms with Crippen LogP contribution < -0.4 is 21.1 Å². The van der Waals surface area contributed by atoms with Crippen molar-refractivity contribution in [1.29, 1.82) is 0 Å². The van der Waals surface area contributed by atoms with E-state index in [-0.39, 0.29) is 21.7 Å². The summed E-state index contributed by atoms with van der Waals surface area (Å²) in [7, 11) is -2.34. The van der Waals surface area contributed by atoms with Crippen molar-refractivity contribution in [3.05, 3.63) is 70.1 Å². The van der Waals surface area contributed by atoms with E-state index in [4.69, 9.17) is 0 Å². The van der Waals surface area contributed by atoms with Crippen molar-refractivity contribution in [3.8, 4) is 0 Å². The lowest BCUT2D eigenvalue weighted by atomic mass is 10.1. The smallest absolute Gasteiger partial charge is 0.267 e. The quantitative estimate of drug-likeness (QED) is 0.481. The van der Waals surface area contributed by atoms with Crippen LogP contribution in [0, 0.1) is 0 Å². The number of fused-ring (bicyclic) bond motifs is 1. The van der Waals surface area contributed by atoms with Gasteiger partial charge in [0.1, 0.15) is 0 Å². The molecular formula is C20H21N5O5S. The number of rotatable bonds is 6. The van der Waals surface area contributed by atoms with Crippen LogP contribution in [0.3, 0.4) is 0 Å². The van der Waals surface area contributed by atoms with Crippen LogP contribution >= 0.6 is 0 Å². The minimum absolute atomic E-state index is 0.000545. The molecule has 3 aromatic rings. The molecule has 1 heterocycles. The van der Waals surface area contributed by atoms with Gasteiger partial charge in [-0.15, -0.1) is 0 Å². The largest absolute Gasteiger partial charge is 0.290 e. The number of carbonyl (C=O) groups is 2. The number of nitrogens with zero attached hydrogens (tertiary/aromatic N) is 2. The maximum atomic E-state index is 12.7. The number of amides is 2. The van der Waals surface area contributed by atoms with Gasteiger partial charge in [0.05, 0.1) is 10.3 Å². The number of aromatic nitrogens is 2. The molecule has 0 unspecified atom stereocenters. The zero-order valence-electron chi connectivity index (χ0n) is 16.9. The molecule has 162 valence electrons. The number of aryl methyl sites for hydroxylation is 1. The van der Waals surface area contributed by atoms with Crippen molar-refractivity contribution in [2.75, 3.05) is 7.05 Å². The first-order valence-electron chi connectivity index (χ1n) is 9.42. The summed E-state index contributed by atoms with van der Waals surface area (Å²) < 4.78 is 26.9. The van der Waals surface area contributed by atoms with Gasteiger partial charge in [-0.3, -0.25) is 25.2 Å². The number of hydrazine groups is 1. The second kappa shape index (κ2) is 9.06. The molecule has 0 fully saturated rings. The van der Waals surface area contributed by atoms with Crippen LogP contribution in [0.15, 0.2) is 58.2 Å². The van der Waals surface area contributed by atoms with E-state index in [0.29, 0.717) is 23.7 Å². The highest BCUT2D eigenvalue weighted by atomic mass is 32.2. The lowest BCUT2D eigenvalue weighted by Crippen LogP contribution is -2.42. The van der Waals surface area contributed by atoms with E-state index >= 15 is 0 Å². The van der Waals surface area contributed by atoms with Crippen molar-refractivity contribution < 1.29 is 18.0 Å². The van der Waals surface area contributed by atoms with Gasteiger partial charge in [-0.1, -0.05) is 25.1 Å². The second-order valence-electron chi connectivity index (χ2n) is 6.56. The maximum Gasteiger partial charge on any atom is 0.290 e. The van der Waals surface area contributed by atoms with Gasteiger partial charge in [-0.25, -0.2) is 17.8 Å². The van der Waals surface area contributed by atoms with E-state index in [0.717, 1.165) is 0 Å². The topological polar surface area (TPSA) is 139 Å². The Morgan fingerprint density at radius 2 is 1.58 bits per heavy atom. The predicted molar refractivity (Wildman–Crippen MR) is 114 cm³/mol. The van der Waals surface area contributed by atoms with Crippen molar-refractivity contribution >= 4 is 32.6 Å². The van der Waals surface area contributed by atoms with E-state index in [1.54, 1.807) is 24.3 Å². The van der Waals surface area contributed by atoms with Gasteiger partial charge >= 0.3 is 0 Å². The third-order valence-electron chi connectivity index (χ3n) is 4.50. The fourth-order valence-electron chi connectivity index (χ4n) is 2.91. The Kier molecular flexibility index (Phi) is 6.47. The number of benzene rings is 2. The standard InChI is InChI=1S/C20H21N5O5S/c1-3-12-25-20(28)16-7-5-4-6-15(16)17(24-25)19(27)23-22-18(26)13-8-10-14(11-9-13)31(29,30)21-2/h4-11,21H,3,12H2,1-2H3,(H,22,26)(H,23,27).